The van der Waals surface area contributed by atoms with Crippen LogP contribution < -0.4 is 20.1 Å². The molecule has 0 fully saturated rings. The van der Waals surface area contributed by atoms with Crippen molar-refractivity contribution in [3.8, 4) is 11.5 Å². The van der Waals surface area contributed by atoms with Crippen molar-refractivity contribution in [3.05, 3.63) is 23.8 Å². The first-order valence-electron chi connectivity index (χ1n) is 7.85. The highest BCUT2D eigenvalue weighted by atomic mass is 16.5. The second kappa shape index (κ2) is 10.5. The van der Waals surface area contributed by atoms with Gasteiger partial charge in [0, 0.05) is 6.54 Å². The maximum atomic E-state index is 11.9. The van der Waals surface area contributed by atoms with Gasteiger partial charge in [0.15, 0.2) is 11.5 Å². The van der Waals surface area contributed by atoms with Crippen LogP contribution in [0.5, 0.6) is 11.5 Å². The molecule has 0 unspecified atom stereocenters. The molecule has 0 spiro atoms. The Morgan fingerprint density at radius 1 is 1.00 bits per heavy atom. The van der Waals surface area contributed by atoms with Crippen molar-refractivity contribution in [1.82, 2.24) is 10.6 Å². The number of hydrogen-bond donors (Lipinski definition) is 2. The van der Waals surface area contributed by atoms with E-state index in [4.69, 9.17) is 9.47 Å². The standard InChI is InChI=1S/C17H26N2O4/c1-4-5-6-9-18-17(21)12-19-16(20)11-13-7-8-14(22-2)15(10-13)23-3/h7-8,10H,4-6,9,11-12H2,1-3H3,(H,18,21)(H,19,20). The number of rotatable bonds is 10. The van der Waals surface area contributed by atoms with Crippen molar-refractivity contribution in [2.24, 2.45) is 0 Å². The lowest BCUT2D eigenvalue weighted by Crippen LogP contribution is -2.37. The van der Waals surface area contributed by atoms with Crippen LogP contribution >= 0.6 is 0 Å². The molecule has 1 aromatic carbocycles. The molecule has 0 heterocycles. The van der Waals surface area contributed by atoms with Crippen LogP contribution in [0.25, 0.3) is 0 Å². The number of hydrogen-bond acceptors (Lipinski definition) is 4. The smallest absolute Gasteiger partial charge is 0.239 e. The van der Waals surface area contributed by atoms with Crippen LogP contribution in [0.15, 0.2) is 18.2 Å². The van der Waals surface area contributed by atoms with Gasteiger partial charge >= 0.3 is 0 Å². The zero-order valence-corrected chi connectivity index (χ0v) is 14.1. The van der Waals surface area contributed by atoms with Crippen molar-refractivity contribution >= 4 is 11.8 Å². The van der Waals surface area contributed by atoms with E-state index in [2.05, 4.69) is 17.6 Å². The van der Waals surface area contributed by atoms with Gasteiger partial charge in [0.25, 0.3) is 0 Å². The molecule has 0 radical (unpaired) electrons. The normalized spacial score (nSPS) is 10.0. The number of benzene rings is 1. The first kappa shape index (κ1) is 18.8. The highest BCUT2D eigenvalue weighted by Gasteiger charge is 2.09. The first-order chi connectivity index (χ1) is 11.1. The van der Waals surface area contributed by atoms with Crippen molar-refractivity contribution in [1.29, 1.82) is 0 Å². The van der Waals surface area contributed by atoms with E-state index in [1.807, 2.05) is 0 Å². The molecular formula is C17H26N2O4. The van der Waals surface area contributed by atoms with E-state index in [1.165, 1.54) is 0 Å². The molecule has 1 aromatic rings. The van der Waals surface area contributed by atoms with E-state index in [1.54, 1.807) is 32.4 Å². The minimum atomic E-state index is -0.207. The molecule has 23 heavy (non-hydrogen) atoms. The van der Waals surface area contributed by atoms with Gasteiger partial charge in [-0.1, -0.05) is 25.8 Å². The summed E-state index contributed by atoms with van der Waals surface area (Å²) in [5.41, 5.74) is 0.795. The average molecular weight is 322 g/mol. The molecule has 0 aromatic heterocycles. The minimum absolute atomic E-state index is 0.00174. The first-order valence-corrected chi connectivity index (χ1v) is 7.85. The Bertz CT molecular complexity index is 517. The largest absolute Gasteiger partial charge is 0.493 e. The lowest BCUT2D eigenvalue weighted by atomic mass is 10.1. The second-order valence-corrected chi connectivity index (χ2v) is 5.20. The molecule has 0 aliphatic carbocycles. The predicted octanol–water partition coefficient (Wildman–Crippen LogP) is 1.67. The molecule has 128 valence electrons. The number of nitrogens with one attached hydrogen (secondary N) is 2. The summed E-state index contributed by atoms with van der Waals surface area (Å²) in [5.74, 6) is 0.817. The monoisotopic (exact) mass is 322 g/mol. The highest BCUT2D eigenvalue weighted by Crippen LogP contribution is 2.27. The fourth-order valence-corrected chi connectivity index (χ4v) is 2.08. The third-order valence-corrected chi connectivity index (χ3v) is 3.36. The molecule has 0 atom stereocenters. The molecule has 0 aliphatic heterocycles. The molecule has 0 saturated heterocycles. The molecule has 1 rings (SSSR count). The number of carbonyl (C=O) groups excluding carboxylic acids is 2. The van der Waals surface area contributed by atoms with Crippen LogP contribution in [-0.4, -0.2) is 39.1 Å². The van der Waals surface area contributed by atoms with Gasteiger partial charge in [0.05, 0.1) is 27.2 Å². The third-order valence-electron chi connectivity index (χ3n) is 3.36. The van der Waals surface area contributed by atoms with Crippen LogP contribution in [-0.2, 0) is 16.0 Å². The van der Waals surface area contributed by atoms with E-state index >= 15 is 0 Å². The Labute approximate surface area is 137 Å². The van der Waals surface area contributed by atoms with Crippen LogP contribution in [0, 0.1) is 0 Å². The minimum Gasteiger partial charge on any atom is -0.493 e. The van der Waals surface area contributed by atoms with Crippen molar-refractivity contribution in [3.63, 3.8) is 0 Å². The Morgan fingerprint density at radius 3 is 2.39 bits per heavy atom. The molecule has 6 nitrogen and oxygen atoms in total. The summed E-state index contributed by atoms with van der Waals surface area (Å²) in [6.45, 7) is 2.76. The van der Waals surface area contributed by atoms with Crippen LogP contribution in [0.2, 0.25) is 0 Å². The van der Waals surface area contributed by atoms with Gasteiger partial charge in [-0.25, -0.2) is 0 Å². The molecule has 0 aliphatic rings. The van der Waals surface area contributed by atoms with Crippen molar-refractivity contribution in [2.45, 2.75) is 32.6 Å². The summed E-state index contributed by atoms with van der Waals surface area (Å²) in [4.78, 5) is 23.5. The maximum absolute atomic E-state index is 11.9. The van der Waals surface area contributed by atoms with E-state index in [0.717, 1.165) is 24.8 Å². The van der Waals surface area contributed by atoms with Gasteiger partial charge in [-0.2, -0.15) is 0 Å². The Hall–Kier alpha value is -2.24. The summed E-state index contributed by atoms with van der Waals surface area (Å²) < 4.78 is 10.4. The van der Waals surface area contributed by atoms with Crippen LogP contribution in [0.1, 0.15) is 31.7 Å². The van der Waals surface area contributed by atoms with Gasteiger partial charge in [-0.05, 0) is 24.1 Å². The molecule has 6 heteroatoms. The van der Waals surface area contributed by atoms with E-state index in [9.17, 15) is 9.59 Å². The summed E-state index contributed by atoms with van der Waals surface area (Å²) in [6.07, 6.45) is 3.34. The summed E-state index contributed by atoms with van der Waals surface area (Å²) in [7, 11) is 3.11. The zero-order valence-electron chi connectivity index (χ0n) is 14.1. The summed E-state index contributed by atoms with van der Waals surface area (Å²) >= 11 is 0. The van der Waals surface area contributed by atoms with Crippen LogP contribution in [0.4, 0.5) is 0 Å². The van der Waals surface area contributed by atoms with Gasteiger partial charge in [0.2, 0.25) is 11.8 Å². The van der Waals surface area contributed by atoms with Crippen molar-refractivity contribution in [2.75, 3.05) is 27.3 Å². The highest BCUT2D eigenvalue weighted by molar-refractivity contribution is 5.85. The fraction of sp³-hybridized carbons (Fsp3) is 0.529. The number of unbranched alkanes of at least 4 members (excludes halogenated alkanes) is 2. The molecular weight excluding hydrogens is 296 g/mol. The van der Waals surface area contributed by atoms with Crippen molar-refractivity contribution < 1.29 is 19.1 Å². The fourth-order valence-electron chi connectivity index (χ4n) is 2.08. The molecule has 2 N–H and O–H groups in total. The zero-order chi connectivity index (χ0) is 17.1. The number of ether oxygens (including phenoxy) is 2. The third kappa shape index (κ3) is 7.04. The van der Waals surface area contributed by atoms with E-state index < -0.39 is 0 Å². The topological polar surface area (TPSA) is 76.7 Å². The second-order valence-electron chi connectivity index (χ2n) is 5.20. The van der Waals surface area contributed by atoms with Gasteiger partial charge in [-0.15, -0.1) is 0 Å². The average Bonchev–Trinajstić information content (AvgIpc) is 2.56. The van der Waals surface area contributed by atoms with Gasteiger partial charge in [-0.3, -0.25) is 9.59 Å². The summed E-state index contributed by atoms with van der Waals surface area (Å²) in [5, 5.41) is 5.39. The lowest BCUT2D eigenvalue weighted by molar-refractivity contribution is -0.125. The van der Waals surface area contributed by atoms with E-state index in [0.29, 0.717) is 18.0 Å². The Kier molecular flexibility index (Phi) is 8.57. The SMILES string of the molecule is CCCCCNC(=O)CNC(=O)Cc1ccc(OC)c(OC)c1. The van der Waals surface area contributed by atoms with Gasteiger partial charge in [0.1, 0.15) is 0 Å². The lowest BCUT2D eigenvalue weighted by Gasteiger charge is -2.10. The Balaban J connectivity index is 2.37. The predicted molar refractivity (Wildman–Crippen MR) is 88.8 cm³/mol. The molecule has 0 bridgehead atoms. The van der Waals surface area contributed by atoms with Gasteiger partial charge < -0.3 is 20.1 Å². The molecule has 2 amide bonds. The number of amides is 2. The molecule has 0 saturated carbocycles. The summed E-state index contributed by atoms with van der Waals surface area (Å²) in [6, 6.07) is 5.30. The number of carbonyl (C=O) groups is 2. The number of methoxy groups -OCH3 is 2. The maximum Gasteiger partial charge on any atom is 0.239 e. The van der Waals surface area contributed by atoms with E-state index in [-0.39, 0.29) is 24.8 Å². The van der Waals surface area contributed by atoms with Crippen LogP contribution in [0.3, 0.4) is 0 Å². The Morgan fingerprint density at radius 2 is 1.74 bits per heavy atom. The quantitative estimate of drug-likeness (QED) is 0.643.